The van der Waals surface area contributed by atoms with E-state index in [1.807, 2.05) is 11.8 Å². The van der Waals surface area contributed by atoms with Crippen LogP contribution in [-0.4, -0.2) is 10.7 Å². The van der Waals surface area contributed by atoms with Crippen LogP contribution in [0.2, 0.25) is 0 Å². The summed E-state index contributed by atoms with van der Waals surface area (Å²) in [5.74, 6) is 2.35. The smallest absolute Gasteiger partial charge is 0.0456 e. The molecule has 0 aliphatic heterocycles. The van der Waals surface area contributed by atoms with Crippen LogP contribution in [0.4, 0.5) is 0 Å². The largest absolute Gasteiger partial charge is 0.358 e. The van der Waals surface area contributed by atoms with Crippen LogP contribution in [0.15, 0.2) is 30.3 Å². The summed E-state index contributed by atoms with van der Waals surface area (Å²) in [7, 11) is 0. The standard InChI is InChI=1S/C12H15NS/c1-2-7-14-9-11-8-10-5-3-4-6-12(10)13-11/h3-6,8,13H,2,7,9H2,1H3. The molecule has 1 heterocycles. The van der Waals surface area contributed by atoms with E-state index in [1.165, 1.54) is 28.8 Å². The first-order valence-electron chi connectivity index (χ1n) is 5.04. The van der Waals surface area contributed by atoms with E-state index in [0.29, 0.717) is 0 Å². The third-order valence-electron chi connectivity index (χ3n) is 2.19. The number of para-hydroxylation sites is 1. The third-order valence-corrected chi connectivity index (χ3v) is 3.40. The van der Waals surface area contributed by atoms with Gasteiger partial charge in [0.15, 0.2) is 0 Å². The fraction of sp³-hybridized carbons (Fsp3) is 0.333. The monoisotopic (exact) mass is 205 g/mol. The SMILES string of the molecule is CCCSCc1cc2ccccc2[nH]1. The summed E-state index contributed by atoms with van der Waals surface area (Å²) >= 11 is 1.99. The molecule has 0 saturated heterocycles. The Kier molecular flexibility index (Phi) is 3.14. The van der Waals surface area contributed by atoms with Gasteiger partial charge in [0.05, 0.1) is 0 Å². The van der Waals surface area contributed by atoms with Gasteiger partial charge in [-0.05, 0) is 29.7 Å². The van der Waals surface area contributed by atoms with E-state index >= 15 is 0 Å². The van der Waals surface area contributed by atoms with Gasteiger partial charge in [0.1, 0.15) is 0 Å². The lowest BCUT2D eigenvalue weighted by Gasteiger charge is -1.95. The average molecular weight is 205 g/mol. The van der Waals surface area contributed by atoms with Crippen LogP contribution in [0.3, 0.4) is 0 Å². The number of rotatable bonds is 4. The molecular weight excluding hydrogens is 190 g/mol. The first kappa shape index (κ1) is 9.66. The van der Waals surface area contributed by atoms with Crippen molar-refractivity contribution in [3.05, 3.63) is 36.0 Å². The minimum Gasteiger partial charge on any atom is -0.358 e. The van der Waals surface area contributed by atoms with Crippen molar-refractivity contribution in [1.29, 1.82) is 0 Å². The molecule has 1 N–H and O–H groups in total. The molecule has 0 aliphatic carbocycles. The van der Waals surface area contributed by atoms with Crippen molar-refractivity contribution in [3.63, 3.8) is 0 Å². The highest BCUT2D eigenvalue weighted by molar-refractivity contribution is 7.98. The lowest BCUT2D eigenvalue weighted by molar-refractivity contribution is 1.10. The fourth-order valence-corrected chi connectivity index (χ4v) is 2.35. The highest BCUT2D eigenvalue weighted by Gasteiger charge is 1.98. The lowest BCUT2D eigenvalue weighted by Crippen LogP contribution is -1.80. The van der Waals surface area contributed by atoms with E-state index in [9.17, 15) is 0 Å². The Hall–Kier alpha value is -0.890. The van der Waals surface area contributed by atoms with Crippen molar-refractivity contribution in [2.24, 2.45) is 0 Å². The number of hydrogen-bond donors (Lipinski definition) is 1. The summed E-state index contributed by atoms with van der Waals surface area (Å²) in [5.41, 5.74) is 2.59. The average Bonchev–Trinajstić information content (AvgIpc) is 2.60. The zero-order valence-electron chi connectivity index (χ0n) is 8.42. The van der Waals surface area contributed by atoms with Gasteiger partial charge < -0.3 is 4.98 Å². The fourth-order valence-electron chi connectivity index (χ4n) is 1.54. The number of fused-ring (bicyclic) bond motifs is 1. The number of aromatic amines is 1. The van der Waals surface area contributed by atoms with E-state index in [4.69, 9.17) is 0 Å². The molecule has 14 heavy (non-hydrogen) atoms. The number of thioether (sulfide) groups is 1. The molecule has 0 bridgehead atoms. The molecule has 0 unspecified atom stereocenters. The van der Waals surface area contributed by atoms with Crippen LogP contribution in [-0.2, 0) is 5.75 Å². The first-order chi connectivity index (χ1) is 6.90. The van der Waals surface area contributed by atoms with Crippen LogP contribution < -0.4 is 0 Å². The molecule has 1 aromatic heterocycles. The zero-order valence-corrected chi connectivity index (χ0v) is 9.23. The molecule has 74 valence electrons. The van der Waals surface area contributed by atoms with E-state index in [0.717, 1.165) is 5.75 Å². The molecular formula is C12H15NS. The molecule has 1 nitrogen and oxygen atoms in total. The van der Waals surface area contributed by atoms with Crippen LogP contribution >= 0.6 is 11.8 Å². The van der Waals surface area contributed by atoms with Crippen molar-refractivity contribution < 1.29 is 0 Å². The Morgan fingerprint density at radius 2 is 2.14 bits per heavy atom. The van der Waals surface area contributed by atoms with E-state index in [-0.39, 0.29) is 0 Å². The van der Waals surface area contributed by atoms with Gasteiger partial charge in [-0.2, -0.15) is 11.8 Å². The minimum absolute atomic E-state index is 1.10. The highest BCUT2D eigenvalue weighted by atomic mass is 32.2. The minimum atomic E-state index is 1.10. The van der Waals surface area contributed by atoms with Gasteiger partial charge in [-0.1, -0.05) is 25.1 Å². The molecule has 2 heteroatoms. The Labute approximate surface area is 88.9 Å². The van der Waals surface area contributed by atoms with E-state index < -0.39 is 0 Å². The van der Waals surface area contributed by atoms with E-state index in [1.54, 1.807) is 0 Å². The van der Waals surface area contributed by atoms with Gasteiger partial charge >= 0.3 is 0 Å². The summed E-state index contributed by atoms with van der Waals surface area (Å²) in [6.45, 7) is 2.22. The first-order valence-corrected chi connectivity index (χ1v) is 6.20. The Morgan fingerprint density at radius 3 is 2.93 bits per heavy atom. The molecule has 0 radical (unpaired) electrons. The van der Waals surface area contributed by atoms with Crippen LogP contribution in [0.5, 0.6) is 0 Å². The number of H-pyrrole nitrogens is 1. The second-order valence-electron chi connectivity index (χ2n) is 3.43. The molecule has 0 atom stereocenters. The predicted molar refractivity (Wildman–Crippen MR) is 64.8 cm³/mol. The Balaban J connectivity index is 2.11. The maximum Gasteiger partial charge on any atom is 0.0456 e. The van der Waals surface area contributed by atoms with Gasteiger partial charge in [-0.25, -0.2) is 0 Å². The van der Waals surface area contributed by atoms with Gasteiger partial charge in [-0.3, -0.25) is 0 Å². The van der Waals surface area contributed by atoms with Crippen LogP contribution in [0.1, 0.15) is 19.0 Å². The Bertz CT molecular complexity index is 372. The molecule has 0 amide bonds. The van der Waals surface area contributed by atoms with Crippen LogP contribution in [0.25, 0.3) is 10.9 Å². The molecule has 1 aromatic carbocycles. The molecule has 2 rings (SSSR count). The molecule has 0 aliphatic rings. The maximum absolute atomic E-state index is 3.43. The summed E-state index contributed by atoms with van der Waals surface area (Å²) in [6, 6.07) is 10.7. The van der Waals surface area contributed by atoms with Gasteiger partial charge in [0.2, 0.25) is 0 Å². The van der Waals surface area contributed by atoms with Gasteiger partial charge in [0, 0.05) is 17.0 Å². The quantitative estimate of drug-likeness (QED) is 0.750. The Morgan fingerprint density at radius 1 is 1.29 bits per heavy atom. The van der Waals surface area contributed by atoms with Gasteiger partial charge in [-0.15, -0.1) is 0 Å². The van der Waals surface area contributed by atoms with Crippen molar-refractivity contribution in [2.45, 2.75) is 19.1 Å². The zero-order chi connectivity index (χ0) is 9.80. The molecule has 2 aromatic rings. The number of nitrogens with one attached hydrogen (secondary N) is 1. The molecule has 0 saturated carbocycles. The van der Waals surface area contributed by atoms with Crippen molar-refractivity contribution in [1.82, 2.24) is 4.98 Å². The molecule has 0 spiro atoms. The predicted octanol–water partition coefficient (Wildman–Crippen LogP) is 3.81. The van der Waals surface area contributed by atoms with Crippen LogP contribution in [0, 0.1) is 0 Å². The summed E-state index contributed by atoms with van der Waals surface area (Å²) in [6.07, 6.45) is 1.25. The van der Waals surface area contributed by atoms with E-state index in [2.05, 4.69) is 42.2 Å². The van der Waals surface area contributed by atoms with Crippen molar-refractivity contribution in [2.75, 3.05) is 5.75 Å². The lowest BCUT2D eigenvalue weighted by atomic mass is 10.2. The van der Waals surface area contributed by atoms with Crippen molar-refractivity contribution >= 4 is 22.7 Å². The topological polar surface area (TPSA) is 15.8 Å². The summed E-state index contributed by atoms with van der Waals surface area (Å²) < 4.78 is 0. The number of benzene rings is 1. The van der Waals surface area contributed by atoms with Gasteiger partial charge in [0.25, 0.3) is 0 Å². The summed E-state index contributed by atoms with van der Waals surface area (Å²) in [4.78, 5) is 3.43. The third kappa shape index (κ3) is 2.13. The van der Waals surface area contributed by atoms with Crippen molar-refractivity contribution in [3.8, 4) is 0 Å². The highest BCUT2D eigenvalue weighted by Crippen LogP contribution is 2.18. The number of aromatic nitrogens is 1. The summed E-state index contributed by atoms with van der Waals surface area (Å²) in [5, 5.41) is 1.32. The second-order valence-corrected chi connectivity index (χ2v) is 4.54. The number of hydrogen-bond acceptors (Lipinski definition) is 1. The normalized spacial score (nSPS) is 10.9. The maximum atomic E-state index is 3.43. The molecule has 0 fully saturated rings. The second kappa shape index (κ2) is 4.56.